The maximum atomic E-state index is 11.9. The fraction of sp³-hybridized carbons (Fsp3) is 0.0625. The summed E-state index contributed by atoms with van der Waals surface area (Å²) < 4.78 is 23.8. The Morgan fingerprint density at radius 3 is 2.48 bits per heavy atom. The standard InChI is InChI=1S/C16H13N3O5S/c1-9-6-16(20)18-14-5-2-10(7-13(9)14)12-4-3-11(19(21)22)8-15(12)25(17,23)24/h2-8H,1H3,(H,18,20)(H2,17,23,24). The third kappa shape index (κ3) is 3.14. The fourth-order valence-corrected chi connectivity index (χ4v) is 3.47. The van der Waals surface area contributed by atoms with Crippen molar-refractivity contribution >= 4 is 26.6 Å². The number of primary sulfonamides is 1. The second-order valence-corrected chi connectivity index (χ2v) is 7.09. The van der Waals surface area contributed by atoms with Crippen LogP contribution in [0.25, 0.3) is 22.0 Å². The number of non-ortho nitro benzene ring substituents is 1. The van der Waals surface area contributed by atoms with E-state index >= 15 is 0 Å². The van der Waals surface area contributed by atoms with Crippen LogP contribution in [0.3, 0.4) is 0 Å². The molecule has 0 unspecified atom stereocenters. The van der Waals surface area contributed by atoms with Gasteiger partial charge in [-0.3, -0.25) is 14.9 Å². The van der Waals surface area contributed by atoms with Crippen LogP contribution < -0.4 is 10.7 Å². The predicted molar refractivity (Wildman–Crippen MR) is 92.8 cm³/mol. The largest absolute Gasteiger partial charge is 0.322 e. The van der Waals surface area contributed by atoms with Gasteiger partial charge in [-0.2, -0.15) is 0 Å². The highest BCUT2D eigenvalue weighted by Gasteiger charge is 2.20. The van der Waals surface area contributed by atoms with Crippen LogP contribution in [0, 0.1) is 17.0 Å². The Hall–Kier alpha value is -3.04. The summed E-state index contributed by atoms with van der Waals surface area (Å²) in [4.78, 5) is 24.1. The van der Waals surface area contributed by atoms with Gasteiger partial charge in [0.2, 0.25) is 15.6 Å². The molecule has 25 heavy (non-hydrogen) atoms. The number of pyridine rings is 1. The molecule has 0 amide bonds. The molecule has 0 aliphatic rings. The van der Waals surface area contributed by atoms with Gasteiger partial charge < -0.3 is 4.98 Å². The van der Waals surface area contributed by atoms with Crippen molar-refractivity contribution in [3.8, 4) is 11.1 Å². The van der Waals surface area contributed by atoms with Gasteiger partial charge in [-0.1, -0.05) is 6.07 Å². The number of benzene rings is 2. The van der Waals surface area contributed by atoms with Gasteiger partial charge in [-0.05, 0) is 36.2 Å². The van der Waals surface area contributed by atoms with Gasteiger partial charge in [0.25, 0.3) is 5.69 Å². The zero-order chi connectivity index (χ0) is 18.4. The Kier molecular flexibility index (Phi) is 3.90. The fourth-order valence-electron chi connectivity index (χ4n) is 2.69. The lowest BCUT2D eigenvalue weighted by Gasteiger charge is -2.10. The molecular formula is C16H13N3O5S. The molecule has 8 nitrogen and oxygen atoms in total. The van der Waals surface area contributed by atoms with Crippen molar-refractivity contribution in [1.29, 1.82) is 0 Å². The molecule has 128 valence electrons. The van der Waals surface area contributed by atoms with Crippen molar-refractivity contribution in [2.45, 2.75) is 11.8 Å². The summed E-state index contributed by atoms with van der Waals surface area (Å²) in [6.07, 6.45) is 0. The minimum absolute atomic E-state index is 0.238. The molecule has 0 aliphatic carbocycles. The number of fused-ring (bicyclic) bond motifs is 1. The minimum Gasteiger partial charge on any atom is -0.322 e. The van der Waals surface area contributed by atoms with Crippen LogP contribution in [0.2, 0.25) is 0 Å². The van der Waals surface area contributed by atoms with Crippen LogP contribution >= 0.6 is 0 Å². The molecule has 0 atom stereocenters. The number of nitrogens with one attached hydrogen (secondary N) is 1. The second-order valence-electron chi connectivity index (χ2n) is 5.56. The van der Waals surface area contributed by atoms with E-state index < -0.39 is 14.9 Å². The lowest BCUT2D eigenvalue weighted by atomic mass is 10.0. The molecule has 3 N–H and O–H groups in total. The molecule has 1 heterocycles. The Morgan fingerprint density at radius 2 is 1.84 bits per heavy atom. The Morgan fingerprint density at radius 1 is 1.12 bits per heavy atom. The number of H-pyrrole nitrogens is 1. The van der Waals surface area contributed by atoms with Crippen molar-refractivity contribution in [1.82, 2.24) is 4.98 Å². The van der Waals surface area contributed by atoms with Crippen LogP contribution in [0.1, 0.15) is 5.56 Å². The third-order valence-corrected chi connectivity index (χ3v) is 4.79. The number of nitro groups is 1. The molecule has 0 fully saturated rings. The van der Waals surface area contributed by atoms with Gasteiger partial charge in [0.1, 0.15) is 0 Å². The van der Waals surface area contributed by atoms with E-state index in [1.54, 1.807) is 25.1 Å². The van der Waals surface area contributed by atoms with E-state index in [-0.39, 0.29) is 21.7 Å². The predicted octanol–water partition coefficient (Wildman–Crippen LogP) is 2.06. The Labute approximate surface area is 142 Å². The number of hydrogen-bond donors (Lipinski definition) is 2. The first-order valence-electron chi connectivity index (χ1n) is 7.12. The van der Waals surface area contributed by atoms with Gasteiger partial charge in [0.05, 0.1) is 9.82 Å². The van der Waals surface area contributed by atoms with Crippen molar-refractivity contribution in [2.24, 2.45) is 5.14 Å². The maximum absolute atomic E-state index is 11.9. The van der Waals surface area contributed by atoms with Crippen LogP contribution in [0.5, 0.6) is 0 Å². The van der Waals surface area contributed by atoms with E-state index in [0.717, 1.165) is 17.0 Å². The molecule has 2 aromatic carbocycles. The molecule has 0 saturated heterocycles. The highest BCUT2D eigenvalue weighted by atomic mass is 32.2. The highest BCUT2D eigenvalue weighted by molar-refractivity contribution is 7.89. The first kappa shape index (κ1) is 16.8. The van der Waals surface area contributed by atoms with Crippen LogP contribution in [-0.4, -0.2) is 18.3 Å². The summed E-state index contributed by atoms with van der Waals surface area (Å²) in [6, 6.07) is 9.91. The molecule has 3 aromatic rings. The van der Waals surface area contributed by atoms with Crippen LogP contribution in [0.4, 0.5) is 5.69 Å². The molecule has 0 aliphatic heterocycles. The molecule has 3 rings (SSSR count). The van der Waals surface area contributed by atoms with E-state index in [2.05, 4.69) is 4.98 Å². The number of nitrogens with zero attached hydrogens (tertiary/aromatic N) is 1. The SMILES string of the molecule is Cc1cc(=O)[nH]c2ccc(-c3ccc([N+](=O)[O-])cc3S(N)(=O)=O)cc12. The molecule has 0 radical (unpaired) electrons. The van der Waals surface area contributed by atoms with Crippen molar-refractivity contribution in [3.63, 3.8) is 0 Å². The number of aromatic nitrogens is 1. The summed E-state index contributed by atoms with van der Waals surface area (Å²) in [5.74, 6) is 0. The summed E-state index contributed by atoms with van der Waals surface area (Å²) >= 11 is 0. The number of nitrogens with two attached hydrogens (primary N) is 1. The van der Waals surface area contributed by atoms with E-state index in [1.165, 1.54) is 18.2 Å². The Bertz CT molecular complexity index is 1180. The van der Waals surface area contributed by atoms with E-state index in [0.29, 0.717) is 11.1 Å². The third-order valence-electron chi connectivity index (χ3n) is 3.84. The van der Waals surface area contributed by atoms with Gasteiger partial charge in [0.15, 0.2) is 0 Å². The van der Waals surface area contributed by atoms with E-state index in [4.69, 9.17) is 5.14 Å². The summed E-state index contributed by atoms with van der Waals surface area (Å²) in [7, 11) is -4.17. The van der Waals surface area contributed by atoms with Crippen molar-refractivity contribution in [2.75, 3.05) is 0 Å². The van der Waals surface area contributed by atoms with E-state index in [1.807, 2.05) is 0 Å². The molecule has 9 heteroatoms. The minimum atomic E-state index is -4.17. The van der Waals surface area contributed by atoms with Crippen LogP contribution in [-0.2, 0) is 10.0 Å². The number of aromatic amines is 1. The van der Waals surface area contributed by atoms with Gasteiger partial charge >= 0.3 is 0 Å². The van der Waals surface area contributed by atoms with Crippen LogP contribution in [0.15, 0.2) is 52.2 Å². The lowest BCUT2D eigenvalue weighted by molar-refractivity contribution is -0.385. The quantitative estimate of drug-likeness (QED) is 0.545. The average molecular weight is 359 g/mol. The van der Waals surface area contributed by atoms with Gasteiger partial charge in [-0.25, -0.2) is 13.6 Å². The summed E-state index contributed by atoms with van der Waals surface area (Å²) in [5, 5.41) is 16.9. The normalized spacial score (nSPS) is 11.6. The number of nitro benzene ring substituents is 1. The second kappa shape index (κ2) is 5.80. The maximum Gasteiger partial charge on any atom is 0.270 e. The van der Waals surface area contributed by atoms with Gasteiger partial charge in [-0.15, -0.1) is 0 Å². The molecule has 0 bridgehead atoms. The number of aryl methyl sites for hydroxylation is 1. The first-order chi connectivity index (χ1) is 11.7. The van der Waals surface area contributed by atoms with Crippen molar-refractivity contribution < 1.29 is 13.3 Å². The number of sulfonamides is 1. The molecule has 0 saturated carbocycles. The summed E-state index contributed by atoms with van der Waals surface area (Å²) in [5.41, 5.74) is 1.49. The zero-order valence-corrected chi connectivity index (χ0v) is 13.8. The average Bonchev–Trinajstić information content (AvgIpc) is 2.53. The smallest absolute Gasteiger partial charge is 0.270 e. The number of rotatable bonds is 3. The Balaban J connectivity index is 2.31. The lowest BCUT2D eigenvalue weighted by Crippen LogP contribution is -2.14. The van der Waals surface area contributed by atoms with Crippen molar-refractivity contribution in [3.05, 3.63) is 68.5 Å². The monoisotopic (exact) mass is 359 g/mol. The van der Waals surface area contributed by atoms with Gasteiger partial charge in [0, 0.05) is 34.7 Å². The molecular weight excluding hydrogens is 346 g/mol. The van der Waals surface area contributed by atoms with E-state index in [9.17, 15) is 23.3 Å². The molecule has 0 spiro atoms. The number of hydrogen-bond acceptors (Lipinski definition) is 5. The zero-order valence-electron chi connectivity index (χ0n) is 13.0. The summed E-state index contributed by atoms with van der Waals surface area (Å²) in [6.45, 7) is 1.76. The highest BCUT2D eigenvalue weighted by Crippen LogP contribution is 2.32. The first-order valence-corrected chi connectivity index (χ1v) is 8.67. The topological polar surface area (TPSA) is 136 Å². The molecule has 1 aromatic heterocycles.